The Bertz CT molecular complexity index is 6.00. The van der Waals surface area contributed by atoms with Gasteiger partial charge in [-0.25, -0.2) is 0 Å². The largest absolute Gasteiger partial charge is 0 e. The van der Waals surface area contributed by atoms with E-state index in [2.05, 4.69) is 0 Å². The quantitative estimate of drug-likeness (QED) is 0.339. The van der Waals surface area contributed by atoms with Crippen molar-refractivity contribution in [1.29, 1.82) is 0 Å². The van der Waals surface area contributed by atoms with Gasteiger partial charge in [0.2, 0.25) is 0 Å². The summed E-state index contributed by atoms with van der Waals surface area (Å²) in [7, 11) is 0. The van der Waals surface area contributed by atoms with E-state index in [9.17, 15) is 0 Å². The first-order valence-electron chi connectivity index (χ1n) is 0. The minimum atomic E-state index is 0. The molecule has 0 amide bonds. The Kier molecular flexibility index (Phi) is 239. The van der Waals surface area contributed by atoms with Crippen LogP contribution >= 0.6 is 0 Å². The Balaban J connectivity index is 0. The number of hydrogen-bond donors (Lipinski definition) is 0. The maximum atomic E-state index is 0. The average Bonchev–Trinajstić information content (AvgIpc) is 0. The first-order valence-corrected chi connectivity index (χ1v) is 0. The van der Waals surface area contributed by atoms with Gasteiger partial charge in [-0.2, -0.15) is 0 Å². The molecule has 0 aromatic rings. The van der Waals surface area contributed by atoms with Crippen LogP contribution in [0.2, 0.25) is 0 Å². The van der Waals surface area contributed by atoms with Gasteiger partial charge in [0.15, 0.2) is 0 Å². The summed E-state index contributed by atoms with van der Waals surface area (Å²) in [5, 5.41) is 0. The second kappa shape index (κ2) is 22.1. The minimum Gasteiger partial charge on any atom is 0 e. The van der Waals surface area contributed by atoms with Crippen molar-refractivity contribution in [2.75, 3.05) is 0 Å². The minimum absolute atomic E-state index is 0. The van der Waals surface area contributed by atoms with Gasteiger partial charge in [0.1, 0.15) is 0 Å². The fraction of sp³-hybridized carbons (Fsp3) is 0. The maximum absolute atomic E-state index is 0. The molecule has 0 bridgehead atoms. The molecule has 7 radical (unpaired) electrons. The predicted octanol–water partition coefficient (Wildman–Crippen LogP) is -0.683. The molecule has 0 fully saturated rings. The molecule has 0 spiro atoms. The van der Waals surface area contributed by atoms with E-state index in [0.29, 0.717) is 0 Å². The van der Waals surface area contributed by atoms with Crippen molar-refractivity contribution in [3.63, 3.8) is 0 Å². The third-order valence-electron chi connectivity index (χ3n) is 0. The molecule has 13 valence electrons. The summed E-state index contributed by atoms with van der Waals surface area (Å²) in [5.41, 5.74) is 0. The number of rotatable bonds is 0. The summed E-state index contributed by atoms with van der Waals surface area (Å²) in [6.45, 7) is 0. The predicted molar refractivity (Wildman–Crippen MR) is 14.8 cm³/mol. The van der Waals surface area contributed by atoms with Crippen molar-refractivity contribution in [2.24, 2.45) is 0 Å². The molecule has 0 saturated carbocycles. The smallest absolute Gasteiger partial charge is 0 e. The molecule has 0 aliphatic heterocycles. The Labute approximate surface area is 61.9 Å². The molecule has 0 aromatic carbocycles. The van der Waals surface area contributed by atoms with E-state index in [1.165, 1.54) is 0 Å². The zero-order chi connectivity index (χ0) is 0. The second-order valence-corrected chi connectivity index (χ2v) is 0. The van der Waals surface area contributed by atoms with E-state index in [0.717, 1.165) is 0 Å². The molecular formula is CLi2Mn. The molecule has 0 saturated heterocycles. The van der Waals surface area contributed by atoms with Gasteiger partial charge in [0, 0.05) is 62.2 Å². The summed E-state index contributed by atoms with van der Waals surface area (Å²) in [4.78, 5) is 0. The van der Waals surface area contributed by atoms with Crippen molar-refractivity contribution in [1.82, 2.24) is 0 Å². The van der Waals surface area contributed by atoms with Crippen LogP contribution in [0.4, 0.5) is 0 Å². The third-order valence-corrected chi connectivity index (χ3v) is 0. The Morgan fingerprint density at radius 1 is 0.750 bits per heavy atom. The molecule has 0 nitrogen and oxygen atoms in total. The molecule has 0 unspecified atom stereocenters. The molecule has 0 heterocycles. The molecule has 0 atom stereocenters. The van der Waals surface area contributed by atoms with Gasteiger partial charge in [0.25, 0.3) is 0 Å². The fourth-order valence-electron chi connectivity index (χ4n) is 0. The van der Waals surface area contributed by atoms with Crippen LogP contribution < -0.4 is 0 Å². The molecule has 3 heteroatoms. The van der Waals surface area contributed by atoms with Gasteiger partial charge in [-0.15, -0.1) is 0 Å². The summed E-state index contributed by atoms with van der Waals surface area (Å²) < 4.78 is 0. The first kappa shape index (κ1) is 43.2. The van der Waals surface area contributed by atoms with E-state index in [1.807, 2.05) is 0 Å². The van der Waals surface area contributed by atoms with Crippen LogP contribution in [0.1, 0.15) is 0 Å². The SMILES string of the molecule is [C].[Li].[Li].[Mn]. The molecular weight excluding hydrogens is 80.8 g/mol. The standard InChI is InChI=1S/C.2Li.Mn. The van der Waals surface area contributed by atoms with E-state index in [4.69, 9.17) is 0 Å². The Morgan fingerprint density at radius 3 is 0.750 bits per heavy atom. The third kappa shape index (κ3) is 9.31. The van der Waals surface area contributed by atoms with Crippen molar-refractivity contribution in [2.45, 2.75) is 0 Å². The topological polar surface area (TPSA) is 0 Å². The van der Waals surface area contributed by atoms with Crippen molar-refractivity contribution in [3.8, 4) is 0 Å². The van der Waals surface area contributed by atoms with Crippen LogP contribution in [0.5, 0.6) is 0 Å². The normalized spacial score (nSPS) is 0. The molecule has 0 aromatic heterocycles. The number of hydrogen-bond acceptors (Lipinski definition) is 0. The molecule has 0 rings (SSSR count). The van der Waals surface area contributed by atoms with Crippen LogP contribution in [-0.4, -0.2) is 37.7 Å². The Hall–Kier alpha value is 1.71. The molecule has 0 aliphatic rings. The summed E-state index contributed by atoms with van der Waals surface area (Å²) >= 11 is 0. The van der Waals surface area contributed by atoms with E-state index in [-0.39, 0.29) is 62.2 Å². The average molecular weight is 80.8 g/mol. The first-order chi connectivity index (χ1) is 0. The van der Waals surface area contributed by atoms with Crippen LogP contribution in [0, 0.1) is 7.43 Å². The maximum Gasteiger partial charge on any atom is 0 e. The van der Waals surface area contributed by atoms with Crippen LogP contribution in [0.15, 0.2) is 0 Å². The zero-order valence-electron chi connectivity index (χ0n) is 2.88. The second-order valence-electron chi connectivity index (χ2n) is 0. The van der Waals surface area contributed by atoms with Gasteiger partial charge in [-0.05, 0) is 0 Å². The Morgan fingerprint density at radius 2 is 0.750 bits per heavy atom. The summed E-state index contributed by atoms with van der Waals surface area (Å²) in [6.07, 6.45) is 0. The van der Waals surface area contributed by atoms with Gasteiger partial charge in [0.05, 0.1) is 0 Å². The molecule has 4 heavy (non-hydrogen) atoms. The van der Waals surface area contributed by atoms with Crippen molar-refractivity contribution >= 4 is 37.7 Å². The van der Waals surface area contributed by atoms with Crippen molar-refractivity contribution in [3.05, 3.63) is 7.43 Å². The van der Waals surface area contributed by atoms with E-state index >= 15 is 0 Å². The van der Waals surface area contributed by atoms with Gasteiger partial charge in [-0.3, -0.25) is 0 Å². The van der Waals surface area contributed by atoms with Gasteiger partial charge in [-0.1, -0.05) is 0 Å². The van der Waals surface area contributed by atoms with Crippen LogP contribution in [0.3, 0.4) is 0 Å². The monoisotopic (exact) mass is 81.0 g/mol. The van der Waals surface area contributed by atoms with Crippen molar-refractivity contribution < 1.29 is 17.1 Å². The summed E-state index contributed by atoms with van der Waals surface area (Å²) in [5.74, 6) is 0. The van der Waals surface area contributed by atoms with Crippen LogP contribution in [0.25, 0.3) is 0 Å². The van der Waals surface area contributed by atoms with Gasteiger partial charge < -0.3 is 0 Å². The van der Waals surface area contributed by atoms with E-state index < -0.39 is 0 Å². The van der Waals surface area contributed by atoms with Crippen LogP contribution in [-0.2, 0) is 17.1 Å². The molecule has 0 N–H and O–H groups in total. The zero-order valence-corrected chi connectivity index (χ0v) is 4.06. The van der Waals surface area contributed by atoms with E-state index in [1.54, 1.807) is 0 Å². The fourth-order valence-corrected chi connectivity index (χ4v) is 0. The van der Waals surface area contributed by atoms with Gasteiger partial charge >= 0.3 is 0 Å². The molecule has 0 aliphatic carbocycles. The summed E-state index contributed by atoms with van der Waals surface area (Å²) in [6, 6.07) is 0.